The minimum Gasteiger partial charge on any atom is -0.319 e. The maximum atomic E-state index is 11.4. The molecule has 0 atom stereocenters. The number of urea groups is 1. The van der Waals surface area contributed by atoms with Crippen molar-refractivity contribution >= 4 is 39.2 Å². The molecule has 0 saturated carbocycles. The van der Waals surface area contributed by atoms with Crippen molar-refractivity contribution in [2.24, 2.45) is 0 Å². The molecule has 0 radical (unpaired) electrons. The Morgan fingerprint density at radius 2 is 2.27 bits per heavy atom. The molecule has 1 aliphatic heterocycles. The molecule has 1 N–H and O–H groups in total. The van der Waals surface area contributed by atoms with Gasteiger partial charge in [0.05, 0.1) is 10.3 Å². The summed E-state index contributed by atoms with van der Waals surface area (Å²) in [5.74, 6) is -0.191. The van der Waals surface area contributed by atoms with Crippen LogP contribution < -0.4 is 5.32 Å². The SMILES string of the molecule is O=C1CCN(Cc2ccc(Br)s2)C(=O)N1. The lowest BCUT2D eigenvalue weighted by atomic mass is 10.3. The van der Waals surface area contributed by atoms with Crippen LogP contribution in [0.2, 0.25) is 0 Å². The van der Waals surface area contributed by atoms with Gasteiger partial charge in [0.2, 0.25) is 5.91 Å². The molecule has 1 aromatic rings. The largest absolute Gasteiger partial charge is 0.324 e. The number of nitrogens with zero attached hydrogens (tertiary/aromatic N) is 1. The van der Waals surface area contributed by atoms with Gasteiger partial charge in [-0.25, -0.2) is 4.79 Å². The van der Waals surface area contributed by atoms with Crippen LogP contribution in [0.1, 0.15) is 11.3 Å². The maximum Gasteiger partial charge on any atom is 0.324 e. The van der Waals surface area contributed by atoms with Gasteiger partial charge >= 0.3 is 6.03 Å². The van der Waals surface area contributed by atoms with Crippen molar-refractivity contribution in [3.8, 4) is 0 Å². The first-order valence-electron chi connectivity index (χ1n) is 4.48. The lowest BCUT2D eigenvalue weighted by molar-refractivity contribution is -0.121. The van der Waals surface area contributed by atoms with E-state index in [2.05, 4.69) is 21.2 Å². The van der Waals surface area contributed by atoms with Gasteiger partial charge in [0.25, 0.3) is 0 Å². The van der Waals surface area contributed by atoms with Crippen LogP contribution in [-0.2, 0) is 11.3 Å². The highest BCUT2D eigenvalue weighted by atomic mass is 79.9. The number of carbonyl (C=O) groups excluding carboxylic acids is 2. The second kappa shape index (κ2) is 4.32. The molecule has 1 aliphatic rings. The summed E-state index contributed by atoms with van der Waals surface area (Å²) in [6.07, 6.45) is 0.387. The zero-order valence-electron chi connectivity index (χ0n) is 7.83. The molecule has 3 amide bonds. The molecule has 0 aliphatic carbocycles. The van der Waals surface area contributed by atoms with Crippen molar-refractivity contribution in [3.63, 3.8) is 0 Å². The van der Waals surface area contributed by atoms with Crippen LogP contribution >= 0.6 is 27.3 Å². The Kier molecular flexibility index (Phi) is 3.06. The van der Waals surface area contributed by atoms with Gasteiger partial charge in [-0.3, -0.25) is 10.1 Å². The van der Waals surface area contributed by atoms with E-state index >= 15 is 0 Å². The first kappa shape index (κ1) is 10.6. The zero-order chi connectivity index (χ0) is 10.8. The van der Waals surface area contributed by atoms with Gasteiger partial charge < -0.3 is 4.90 Å². The van der Waals surface area contributed by atoms with Crippen LogP contribution in [0.5, 0.6) is 0 Å². The topological polar surface area (TPSA) is 49.4 Å². The van der Waals surface area contributed by atoms with Gasteiger partial charge in [0, 0.05) is 17.8 Å². The Morgan fingerprint density at radius 1 is 1.47 bits per heavy atom. The number of carbonyl (C=O) groups is 2. The van der Waals surface area contributed by atoms with E-state index in [9.17, 15) is 9.59 Å². The Bertz CT molecular complexity index is 405. The van der Waals surface area contributed by atoms with Crippen molar-refractivity contribution in [3.05, 3.63) is 20.8 Å². The first-order valence-corrected chi connectivity index (χ1v) is 6.09. The molecule has 1 aromatic heterocycles. The lowest BCUT2D eigenvalue weighted by Gasteiger charge is -2.25. The predicted octanol–water partition coefficient (Wildman–Crippen LogP) is 1.95. The zero-order valence-corrected chi connectivity index (χ0v) is 10.2. The highest BCUT2D eigenvalue weighted by molar-refractivity contribution is 9.11. The van der Waals surface area contributed by atoms with Crippen molar-refractivity contribution in [1.29, 1.82) is 0 Å². The fourth-order valence-electron chi connectivity index (χ4n) is 1.37. The third kappa shape index (κ3) is 2.57. The quantitative estimate of drug-likeness (QED) is 0.904. The number of amides is 3. The standard InChI is InChI=1S/C9H9BrN2O2S/c10-7-2-1-6(15-7)5-12-4-3-8(13)11-9(12)14/h1-2H,3-5H2,(H,11,13,14). The molecule has 6 heteroatoms. The molecular weight excluding hydrogens is 280 g/mol. The minimum absolute atomic E-state index is 0.191. The van der Waals surface area contributed by atoms with Gasteiger partial charge in [-0.05, 0) is 28.1 Å². The van der Waals surface area contributed by atoms with Gasteiger partial charge in [-0.2, -0.15) is 0 Å². The van der Waals surface area contributed by atoms with Crippen molar-refractivity contribution in [2.45, 2.75) is 13.0 Å². The van der Waals surface area contributed by atoms with Crippen LogP contribution in [0, 0.1) is 0 Å². The molecule has 0 aromatic carbocycles. The summed E-state index contributed by atoms with van der Waals surface area (Å²) < 4.78 is 1.05. The van der Waals surface area contributed by atoms with E-state index < -0.39 is 0 Å². The number of halogens is 1. The van der Waals surface area contributed by atoms with Crippen LogP contribution in [0.4, 0.5) is 4.79 Å². The normalized spacial score (nSPS) is 16.7. The van der Waals surface area contributed by atoms with Gasteiger partial charge in [-0.15, -0.1) is 11.3 Å². The van der Waals surface area contributed by atoms with Crippen molar-refractivity contribution in [1.82, 2.24) is 10.2 Å². The van der Waals surface area contributed by atoms with Crippen LogP contribution in [-0.4, -0.2) is 23.4 Å². The van der Waals surface area contributed by atoms with Gasteiger partial charge in [0.15, 0.2) is 0 Å². The minimum atomic E-state index is -0.296. The molecule has 4 nitrogen and oxygen atoms in total. The third-order valence-corrected chi connectivity index (χ3v) is 3.73. The summed E-state index contributed by atoms with van der Waals surface area (Å²) in [5, 5.41) is 2.30. The summed E-state index contributed by atoms with van der Waals surface area (Å²) in [6, 6.07) is 3.63. The summed E-state index contributed by atoms with van der Waals surface area (Å²) >= 11 is 4.96. The number of hydrogen-bond acceptors (Lipinski definition) is 3. The molecule has 1 fully saturated rings. The number of imide groups is 1. The van der Waals surface area contributed by atoms with Crippen molar-refractivity contribution < 1.29 is 9.59 Å². The third-order valence-electron chi connectivity index (χ3n) is 2.12. The van der Waals surface area contributed by atoms with E-state index in [4.69, 9.17) is 0 Å². The number of rotatable bonds is 2. The summed E-state index contributed by atoms with van der Waals surface area (Å²) in [4.78, 5) is 25.1. The molecule has 0 spiro atoms. The number of thiophene rings is 1. The Labute approximate surface area is 99.4 Å². The van der Waals surface area contributed by atoms with E-state index in [0.717, 1.165) is 8.66 Å². The molecule has 0 unspecified atom stereocenters. The van der Waals surface area contributed by atoms with Gasteiger partial charge in [0.1, 0.15) is 0 Å². The monoisotopic (exact) mass is 288 g/mol. The average Bonchev–Trinajstić information content (AvgIpc) is 2.56. The first-order chi connectivity index (χ1) is 7.15. The molecular formula is C9H9BrN2O2S. The fraction of sp³-hybridized carbons (Fsp3) is 0.333. The molecule has 1 saturated heterocycles. The number of nitrogens with one attached hydrogen (secondary N) is 1. The second-order valence-electron chi connectivity index (χ2n) is 3.23. The second-order valence-corrected chi connectivity index (χ2v) is 5.78. The average molecular weight is 289 g/mol. The maximum absolute atomic E-state index is 11.4. The van der Waals surface area contributed by atoms with E-state index in [1.165, 1.54) is 0 Å². The van der Waals surface area contributed by atoms with Gasteiger partial charge in [-0.1, -0.05) is 0 Å². The Hall–Kier alpha value is -0.880. The summed E-state index contributed by atoms with van der Waals surface area (Å²) in [6.45, 7) is 1.07. The van der Waals surface area contributed by atoms with E-state index in [1.54, 1.807) is 16.2 Å². The molecule has 15 heavy (non-hydrogen) atoms. The highest BCUT2D eigenvalue weighted by Gasteiger charge is 2.22. The van der Waals surface area contributed by atoms with Crippen LogP contribution in [0.3, 0.4) is 0 Å². The highest BCUT2D eigenvalue weighted by Crippen LogP contribution is 2.23. The molecule has 0 bridgehead atoms. The van der Waals surface area contributed by atoms with Crippen LogP contribution in [0.25, 0.3) is 0 Å². The lowest BCUT2D eigenvalue weighted by Crippen LogP contribution is -2.48. The van der Waals surface area contributed by atoms with Crippen LogP contribution in [0.15, 0.2) is 15.9 Å². The fourth-order valence-corrected chi connectivity index (χ4v) is 2.87. The summed E-state index contributed by atoms with van der Waals surface area (Å²) in [7, 11) is 0. The summed E-state index contributed by atoms with van der Waals surface area (Å²) in [5.41, 5.74) is 0. The predicted molar refractivity (Wildman–Crippen MR) is 60.6 cm³/mol. The molecule has 2 rings (SSSR count). The molecule has 2 heterocycles. The smallest absolute Gasteiger partial charge is 0.319 e. The van der Waals surface area contributed by atoms with Crippen molar-refractivity contribution in [2.75, 3.05) is 6.54 Å². The number of hydrogen-bond donors (Lipinski definition) is 1. The Morgan fingerprint density at radius 3 is 2.87 bits per heavy atom. The molecule has 80 valence electrons. The van der Waals surface area contributed by atoms with E-state index in [0.29, 0.717) is 19.5 Å². The van der Waals surface area contributed by atoms with E-state index in [-0.39, 0.29) is 11.9 Å². The van der Waals surface area contributed by atoms with E-state index in [1.807, 2.05) is 12.1 Å². The Balaban J connectivity index is 2.00.